The smallest absolute Gasteiger partial charge is 0.135 e. The van der Waals surface area contributed by atoms with Gasteiger partial charge in [0.15, 0.2) is 0 Å². The van der Waals surface area contributed by atoms with E-state index < -0.39 is 0 Å². The van der Waals surface area contributed by atoms with Crippen molar-refractivity contribution in [2.24, 2.45) is 0 Å². The Morgan fingerprint density at radius 3 is 2.27 bits per heavy atom. The molecular formula is C22H17ClN2O. The van der Waals surface area contributed by atoms with Crippen LogP contribution in [0.1, 0.15) is 5.56 Å². The SMILES string of the molecule is Clc1cccc2c1cnn2C1(c2ccc(-c3ccccc3)cc2)COC1. The van der Waals surface area contributed by atoms with Crippen LogP contribution in [0.5, 0.6) is 0 Å². The molecule has 0 atom stereocenters. The minimum Gasteiger partial charge on any atom is -0.375 e. The third kappa shape index (κ3) is 2.28. The summed E-state index contributed by atoms with van der Waals surface area (Å²) in [5.41, 5.74) is 4.38. The van der Waals surface area contributed by atoms with Crippen molar-refractivity contribution < 1.29 is 4.74 Å². The Bertz CT molecular complexity index is 1070. The number of hydrogen-bond donors (Lipinski definition) is 0. The lowest BCUT2D eigenvalue weighted by molar-refractivity contribution is -0.0799. The van der Waals surface area contributed by atoms with Crippen molar-refractivity contribution in [2.45, 2.75) is 5.54 Å². The molecule has 0 aliphatic carbocycles. The first kappa shape index (κ1) is 15.6. The summed E-state index contributed by atoms with van der Waals surface area (Å²) < 4.78 is 7.68. The maximum absolute atomic E-state index is 6.33. The zero-order valence-electron chi connectivity index (χ0n) is 14.1. The van der Waals surface area contributed by atoms with Crippen LogP contribution in [0.4, 0.5) is 0 Å². The van der Waals surface area contributed by atoms with E-state index in [0.717, 1.165) is 15.9 Å². The molecule has 0 radical (unpaired) electrons. The van der Waals surface area contributed by atoms with Crippen LogP contribution in [0, 0.1) is 0 Å². The highest BCUT2D eigenvalue weighted by Gasteiger charge is 2.44. The van der Waals surface area contributed by atoms with Gasteiger partial charge < -0.3 is 4.74 Å². The second-order valence-corrected chi connectivity index (χ2v) is 7.10. The minimum absolute atomic E-state index is 0.276. The maximum Gasteiger partial charge on any atom is 0.135 e. The highest BCUT2D eigenvalue weighted by molar-refractivity contribution is 6.35. The molecule has 5 rings (SSSR count). The normalized spacial score (nSPS) is 15.7. The van der Waals surface area contributed by atoms with E-state index in [-0.39, 0.29) is 5.54 Å². The molecule has 3 aromatic carbocycles. The molecule has 0 N–H and O–H groups in total. The molecule has 0 spiro atoms. The Morgan fingerprint density at radius 2 is 1.58 bits per heavy atom. The van der Waals surface area contributed by atoms with Gasteiger partial charge in [-0.05, 0) is 28.8 Å². The number of fused-ring (bicyclic) bond motifs is 1. The molecule has 2 heterocycles. The molecule has 1 aliphatic heterocycles. The average Bonchev–Trinajstić information content (AvgIpc) is 3.08. The monoisotopic (exact) mass is 360 g/mol. The first-order chi connectivity index (χ1) is 12.8. The summed E-state index contributed by atoms with van der Waals surface area (Å²) in [5.74, 6) is 0. The van der Waals surface area contributed by atoms with E-state index in [4.69, 9.17) is 16.3 Å². The van der Waals surface area contributed by atoms with Gasteiger partial charge >= 0.3 is 0 Å². The van der Waals surface area contributed by atoms with Gasteiger partial charge in [0.1, 0.15) is 5.54 Å². The Balaban J connectivity index is 1.59. The van der Waals surface area contributed by atoms with Gasteiger partial charge in [-0.2, -0.15) is 5.10 Å². The Morgan fingerprint density at radius 1 is 0.846 bits per heavy atom. The molecule has 1 saturated heterocycles. The molecule has 1 aliphatic rings. The lowest BCUT2D eigenvalue weighted by Crippen LogP contribution is -2.53. The lowest BCUT2D eigenvalue weighted by Gasteiger charge is -2.42. The molecule has 26 heavy (non-hydrogen) atoms. The highest BCUT2D eigenvalue weighted by atomic mass is 35.5. The fourth-order valence-electron chi connectivity index (χ4n) is 3.67. The molecule has 0 saturated carbocycles. The highest BCUT2D eigenvalue weighted by Crippen LogP contribution is 2.38. The van der Waals surface area contributed by atoms with E-state index in [1.165, 1.54) is 16.7 Å². The fourth-order valence-corrected chi connectivity index (χ4v) is 3.89. The van der Waals surface area contributed by atoms with E-state index in [2.05, 4.69) is 64.4 Å². The first-order valence-corrected chi connectivity index (χ1v) is 9.02. The molecule has 4 heteroatoms. The van der Waals surface area contributed by atoms with Crippen LogP contribution < -0.4 is 0 Å². The van der Waals surface area contributed by atoms with Crippen molar-refractivity contribution >= 4 is 22.5 Å². The van der Waals surface area contributed by atoms with Crippen LogP contribution in [-0.2, 0) is 10.3 Å². The number of hydrogen-bond acceptors (Lipinski definition) is 2. The summed E-state index contributed by atoms with van der Waals surface area (Å²) in [5, 5.41) is 6.36. The van der Waals surface area contributed by atoms with Gasteiger partial charge in [-0.3, -0.25) is 0 Å². The second-order valence-electron chi connectivity index (χ2n) is 6.70. The number of ether oxygens (including phenoxy) is 1. The quantitative estimate of drug-likeness (QED) is 0.506. The Kier molecular flexibility index (Phi) is 3.59. The minimum atomic E-state index is -0.276. The van der Waals surface area contributed by atoms with Gasteiger partial charge in [-0.1, -0.05) is 72.3 Å². The van der Waals surface area contributed by atoms with Crippen molar-refractivity contribution in [3.05, 3.63) is 89.6 Å². The topological polar surface area (TPSA) is 27.1 Å². The largest absolute Gasteiger partial charge is 0.375 e. The number of rotatable bonds is 3. The van der Waals surface area contributed by atoms with Crippen LogP contribution >= 0.6 is 11.6 Å². The van der Waals surface area contributed by atoms with Crippen LogP contribution in [0.3, 0.4) is 0 Å². The molecule has 1 aromatic heterocycles. The molecule has 128 valence electrons. The second kappa shape index (κ2) is 5.97. The lowest BCUT2D eigenvalue weighted by atomic mass is 9.87. The Hall–Kier alpha value is -2.62. The predicted octanol–water partition coefficient (Wildman–Crippen LogP) is 5.13. The summed E-state index contributed by atoms with van der Waals surface area (Å²) in [7, 11) is 0. The zero-order chi connectivity index (χ0) is 17.6. The van der Waals surface area contributed by atoms with Crippen LogP contribution in [0.25, 0.3) is 22.0 Å². The van der Waals surface area contributed by atoms with Crippen molar-refractivity contribution in [2.75, 3.05) is 13.2 Å². The summed E-state index contributed by atoms with van der Waals surface area (Å²) in [4.78, 5) is 0. The molecule has 4 aromatic rings. The van der Waals surface area contributed by atoms with Crippen molar-refractivity contribution in [1.29, 1.82) is 0 Å². The first-order valence-electron chi connectivity index (χ1n) is 8.64. The van der Waals surface area contributed by atoms with Gasteiger partial charge in [0.2, 0.25) is 0 Å². The van der Waals surface area contributed by atoms with Crippen LogP contribution in [0.15, 0.2) is 79.0 Å². The van der Waals surface area contributed by atoms with Crippen molar-refractivity contribution in [1.82, 2.24) is 9.78 Å². The van der Waals surface area contributed by atoms with E-state index in [1.54, 1.807) is 0 Å². The summed E-state index contributed by atoms with van der Waals surface area (Å²) in [6.45, 7) is 1.22. The fraction of sp³-hybridized carbons (Fsp3) is 0.136. The zero-order valence-corrected chi connectivity index (χ0v) is 14.9. The Labute approximate surface area is 156 Å². The summed E-state index contributed by atoms with van der Waals surface area (Å²) in [6, 6.07) is 25.0. The number of benzene rings is 3. The molecule has 1 fully saturated rings. The summed E-state index contributed by atoms with van der Waals surface area (Å²) in [6.07, 6.45) is 1.84. The van der Waals surface area contributed by atoms with E-state index >= 15 is 0 Å². The molecule has 0 bridgehead atoms. The van der Waals surface area contributed by atoms with Gasteiger partial charge in [-0.25, -0.2) is 4.68 Å². The number of nitrogens with zero attached hydrogens (tertiary/aromatic N) is 2. The van der Waals surface area contributed by atoms with Crippen LogP contribution in [0.2, 0.25) is 5.02 Å². The van der Waals surface area contributed by atoms with E-state index in [9.17, 15) is 0 Å². The molecular weight excluding hydrogens is 344 g/mol. The average molecular weight is 361 g/mol. The predicted molar refractivity (Wildman–Crippen MR) is 105 cm³/mol. The van der Waals surface area contributed by atoms with E-state index in [0.29, 0.717) is 13.2 Å². The third-order valence-corrected chi connectivity index (χ3v) is 5.51. The number of halogens is 1. The van der Waals surface area contributed by atoms with Gasteiger partial charge in [0, 0.05) is 5.39 Å². The molecule has 0 unspecified atom stereocenters. The van der Waals surface area contributed by atoms with Gasteiger partial charge in [-0.15, -0.1) is 0 Å². The third-order valence-electron chi connectivity index (χ3n) is 5.18. The van der Waals surface area contributed by atoms with E-state index in [1.807, 2.05) is 24.4 Å². The summed E-state index contributed by atoms with van der Waals surface area (Å²) >= 11 is 6.33. The van der Waals surface area contributed by atoms with Gasteiger partial charge in [0.05, 0.1) is 29.9 Å². The standard InChI is InChI=1S/C22H17ClN2O/c23-20-7-4-8-21-19(20)13-24-25(21)22(14-26-15-22)18-11-9-17(10-12-18)16-5-2-1-3-6-16/h1-13H,14-15H2. The van der Waals surface area contributed by atoms with Crippen molar-refractivity contribution in [3.63, 3.8) is 0 Å². The van der Waals surface area contributed by atoms with Gasteiger partial charge in [0.25, 0.3) is 0 Å². The van der Waals surface area contributed by atoms with Crippen molar-refractivity contribution in [3.8, 4) is 11.1 Å². The maximum atomic E-state index is 6.33. The molecule has 0 amide bonds. The number of aromatic nitrogens is 2. The van der Waals surface area contributed by atoms with Crippen LogP contribution in [-0.4, -0.2) is 23.0 Å². The molecule has 3 nitrogen and oxygen atoms in total.